The van der Waals surface area contributed by atoms with Crippen molar-refractivity contribution in [3.63, 3.8) is 0 Å². The van der Waals surface area contributed by atoms with Crippen molar-refractivity contribution < 1.29 is 4.74 Å². The maximum absolute atomic E-state index is 5.89. The van der Waals surface area contributed by atoms with Gasteiger partial charge < -0.3 is 10.1 Å². The Hall–Kier alpha value is -0.000000000000000111. The third-order valence-electron chi connectivity index (χ3n) is 2.72. The molecule has 15 heavy (non-hydrogen) atoms. The molecule has 1 aliphatic rings. The first-order chi connectivity index (χ1) is 7.19. The summed E-state index contributed by atoms with van der Waals surface area (Å²) < 4.78 is 6.41. The number of anilines is 1. The number of ether oxygens (including phenoxy) is 1. The molecular formula is C11H13ClINO. The van der Waals surface area contributed by atoms with Gasteiger partial charge in [-0.15, -0.1) is 0 Å². The third-order valence-corrected chi connectivity index (χ3v) is 3.85. The molecule has 0 aliphatic heterocycles. The van der Waals surface area contributed by atoms with Crippen LogP contribution in [-0.2, 0) is 4.74 Å². The maximum Gasteiger partial charge on any atom is 0.0610 e. The minimum atomic E-state index is 0.437. The first kappa shape index (κ1) is 11.5. The standard InChI is InChI=1S/C11H13ClINO/c1-15-9-5-8(6-9)14-11-3-2-7(12)4-10(11)13/h2-4,8-9,14H,5-6H2,1H3. The SMILES string of the molecule is COC1CC(Nc2ccc(Cl)cc2I)C1. The normalized spacial score (nSPS) is 24.7. The summed E-state index contributed by atoms with van der Waals surface area (Å²) in [6.07, 6.45) is 2.62. The predicted molar refractivity (Wildman–Crippen MR) is 71.6 cm³/mol. The first-order valence-electron chi connectivity index (χ1n) is 4.93. The van der Waals surface area contributed by atoms with E-state index in [1.807, 2.05) is 18.2 Å². The van der Waals surface area contributed by atoms with Gasteiger partial charge in [-0.1, -0.05) is 11.6 Å². The molecule has 2 rings (SSSR count). The van der Waals surface area contributed by atoms with Gasteiger partial charge in [0.1, 0.15) is 0 Å². The molecule has 0 unspecified atom stereocenters. The summed E-state index contributed by atoms with van der Waals surface area (Å²) in [7, 11) is 1.77. The molecule has 0 atom stereocenters. The van der Waals surface area contributed by atoms with Crippen molar-refractivity contribution >= 4 is 39.9 Å². The fourth-order valence-electron chi connectivity index (χ4n) is 1.70. The van der Waals surface area contributed by atoms with Gasteiger partial charge >= 0.3 is 0 Å². The lowest BCUT2D eigenvalue weighted by Crippen LogP contribution is -2.40. The fraction of sp³-hybridized carbons (Fsp3) is 0.455. The van der Waals surface area contributed by atoms with Crippen molar-refractivity contribution in [3.8, 4) is 0 Å². The summed E-state index contributed by atoms with van der Waals surface area (Å²) in [5.74, 6) is 0. The van der Waals surface area contributed by atoms with E-state index in [-0.39, 0.29) is 0 Å². The van der Waals surface area contributed by atoms with Gasteiger partial charge in [0.2, 0.25) is 0 Å². The number of nitrogens with one attached hydrogen (secondary N) is 1. The number of hydrogen-bond donors (Lipinski definition) is 1. The second kappa shape index (κ2) is 4.89. The van der Waals surface area contributed by atoms with Crippen molar-refractivity contribution in [1.29, 1.82) is 0 Å². The van der Waals surface area contributed by atoms with Gasteiger partial charge in [-0.3, -0.25) is 0 Å². The van der Waals surface area contributed by atoms with E-state index in [1.54, 1.807) is 7.11 Å². The lowest BCUT2D eigenvalue weighted by molar-refractivity contribution is 0.0328. The van der Waals surface area contributed by atoms with Crippen molar-refractivity contribution in [2.45, 2.75) is 25.0 Å². The summed E-state index contributed by atoms with van der Waals surface area (Å²) in [6.45, 7) is 0. The van der Waals surface area contributed by atoms with E-state index in [1.165, 1.54) is 9.26 Å². The van der Waals surface area contributed by atoms with E-state index in [2.05, 4.69) is 27.9 Å². The second-order valence-electron chi connectivity index (χ2n) is 3.79. The highest BCUT2D eigenvalue weighted by Crippen LogP contribution is 2.29. The highest BCUT2D eigenvalue weighted by atomic mass is 127. The minimum Gasteiger partial charge on any atom is -0.381 e. The van der Waals surface area contributed by atoms with Gasteiger partial charge in [-0.2, -0.15) is 0 Å². The number of rotatable bonds is 3. The van der Waals surface area contributed by atoms with Gasteiger partial charge in [0.25, 0.3) is 0 Å². The Kier molecular flexibility index (Phi) is 3.74. The molecule has 2 nitrogen and oxygen atoms in total. The number of hydrogen-bond acceptors (Lipinski definition) is 2. The Morgan fingerprint density at radius 1 is 1.47 bits per heavy atom. The fourth-order valence-corrected chi connectivity index (χ4v) is 2.73. The number of halogens is 2. The molecule has 1 fully saturated rings. The molecule has 0 radical (unpaired) electrons. The molecule has 82 valence electrons. The lowest BCUT2D eigenvalue weighted by Gasteiger charge is -2.35. The van der Waals surface area contributed by atoms with Crippen LogP contribution in [0.25, 0.3) is 0 Å². The van der Waals surface area contributed by atoms with E-state index in [0.717, 1.165) is 17.9 Å². The van der Waals surface area contributed by atoms with E-state index in [0.29, 0.717) is 12.1 Å². The molecule has 1 aliphatic carbocycles. The van der Waals surface area contributed by atoms with Crippen LogP contribution >= 0.6 is 34.2 Å². The Morgan fingerprint density at radius 2 is 2.20 bits per heavy atom. The van der Waals surface area contributed by atoms with Crippen molar-refractivity contribution in [1.82, 2.24) is 0 Å². The summed E-state index contributed by atoms with van der Waals surface area (Å²) in [5, 5.41) is 4.28. The van der Waals surface area contributed by atoms with Crippen LogP contribution < -0.4 is 5.32 Å². The summed E-state index contributed by atoms with van der Waals surface area (Å²) >= 11 is 8.19. The van der Waals surface area contributed by atoms with E-state index < -0.39 is 0 Å². The van der Waals surface area contributed by atoms with Crippen molar-refractivity contribution in [2.75, 3.05) is 12.4 Å². The molecule has 1 N–H and O–H groups in total. The molecule has 0 bridgehead atoms. The van der Waals surface area contributed by atoms with Crippen LogP contribution in [-0.4, -0.2) is 19.3 Å². The summed E-state index contributed by atoms with van der Waals surface area (Å²) in [4.78, 5) is 0. The zero-order chi connectivity index (χ0) is 10.8. The van der Waals surface area contributed by atoms with E-state index in [9.17, 15) is 0 Å². The molecule has 1 saturated carbocycles. The molecule has 0 spiro atoms. The molecule has 1 aromatic rings. The van der Waals surface area contributed by atoms with Crippen LogP contribution in [0.5, 0.6) is 0 Å². The smallest absolute Gasteiger partial charge is 0.0610 e. The number of benzene rings is 1. The van der Waals surface area contributed by atoms with Crippen LogP contribution in [0.4, 0.5) is 5.69 Å². The van der Waals surface area contributed by atoms with Crippen LogP contribution in [0.2, 0.25) is 5.02 Å². The van der Waals surface area contributed by atoms with Crippen molar-refractivity contribution in [3.05, 3.63) is 26.8 Å². The average molecular weight is 338 g/mol. The third kappa shape index (κ3) is 2.77. The van der Waals surface area contributed by atoms with E-state index >= 15 is 0 Å². The average Bonchev–Trinajstić information content (AvgIpc) is 2.13. The maximum atomic E-state index is 5.89. The summed E-state index contributed by atoms with van der Waals surface area (Å²) in [5.41, 5.74) is 1.17. The highest BCUT2D eigenvalue weighted by molar-refractivity contribution is 14.1. The van der Waals surface area contributed by atoms with Gasteiger partial charge in [-0.25, -0.2) is 0 Å². The molecule has 0 saturated heterocycles. The Bertz CT molecular complexity index is 352. The molecule has 0 aromatic heterocycles. The quantitative estimate of drug-likeness (QED) is 0.852. The molecule has 0 heterocycles. The molecular weight excluding hydrogens is 324 g/mol. The zero-order valence-corrected chi connectivity index (χ0v) is 11.4. The van der Waals surface area contributed by atoms with Gasteiger partial charge in [0.15, 0.2) is 0 Å². The van der Waals surface area contributed by atoms with Crippen LogP contribution in [0.1, 0.15) is 12.8 Å². The molecule has 0 amide bonds. The van der Waals surface area contributed by atoms with E-state index in [4.69, 9.17) is 16.3 Å². The van der Waals surface area contributed by atoms with Gasteiger partial charge in [-0.05, 0) is 53.6 Å². The Morgan fingerprint density at radius 3 is 2.80 bits per heavy atom. The number of methoxy groups -OCH3 is 1. The predicted octanol–water partition coefficient (Wildman–Crippen LogP) is 3.53. The zero-order valence-electron chi connectivity index (χ0n) is 8.47. The van der Waals surface area contributed by atoms with Gasteiger partial charge in [0.05, 0.1) is 6.10 Å². The lowest BCUT2D eigenvalue weighted by atomic mass is 9.89. The molecule has 4 heteroatoms. The Balaban J connectivity index is 1.94. The Labute approximate surface area is 108 Å². The first-order valence-corrected chi connectivity index (χ1v) is 6.39. The topological polar surface area (TPSA) is 21.3 Å². The van der Waals surface area contributed by atoms with Crippen LogP contribution in [0.3, 0.4) is 0 Å². The molecule has 1 aromatic carbocycles. The largest absolute Gasteiger partial charge is 0.381 e. The van der Waals surface area contributed by atoms with Crippen LogP contribution in [0, 0.1) is 3.57 Å². The monoisotopic (exact) mass is 337 g/mol. The van der Waals surface area contributed by atoms with Gasteiger partial charge in [0, 0.05) is 27.4 Å². The minimum absolute atomic E-state index is 0.437. The highest BCUT2D eigenvalue weighted by Gasteiger charge is 2.28. The van der Waals surface area contributed by atoms with Crippen molar-refractivity contribution in [2.24, 2.45) is 0 Å². The van der Waals surface area contributed by atoms with Crippen LogP contribution in [0.15, 0.2) is 18.2 Å². The summed E-state index contributed by atoms with van der Waals surface area (Å²) in [6, 6.07) is 6.46. The second-order valence-corrected chi connectivity index (χ2v) is 5.39.